The highest BCUT2D eigenvalue weighted by Crippen LogP contribution is 2.29. The zero-order chi connectivity index (χ0) is 21.8. The van der Waals surface area contributed by atoms with E-state index >= 15 is 0 Å². The minimum absolute atomic E-state index is 0.0758. The van der Waals surface area contributed by atoms with Gasteiger partial charge in [-0.25, -0.2) is 9.97 Å². The fraction of sp³-hybridized carbons (Fsp3) is 0.381. The molecule has 3 heterocycles. The van der Waals surface area contributed by atoms with E-state index in [0.717, 1.165) is 11.4 Å². The number of carbonyl (C=O) groups is 1. The van der Waals surface area contributed by atoms with Crippen LogP contribution in [0.4, 0.5) is 10.9 Å². The summed E-state index contributed by atoms with van der Waals surface area (Å²) in [5.41, 5.74) is 2.03. The summed E-state index contributed by atoms with van der Waals surface area (Å²) >= 11 is 1.22. The summed E-state index contributed by atoms with van der Waals surface area (Å²) in [6, 6.07) is 5.63. The Hall–Kier alpha value is -3.07. The molecule has 1 amide bonds. The summed E-state index contributed by atoms with van der Waals surface area (Å²) in [4.78, 5) is 27.5. The van der Waals surface area contributed by atoms with Gasteiger partial charge in [0.2, 0.25) is 5.13 Å². The van der Waals surface area contributed by atoms with Crippen molar-refractivity contribution in [2.24, 2.45) is 0 Å². The largest absolute Gasteiger partial charge is 0.489 e. The lowest BCUT2D eigenvalue weighted by Crippen LogP contribution is -2.23. The second kappa shape index (κ2) is 9.17. The van der Waals surface area contributed by atoms with Crippen LogP contribution in [0.2, 0.25) is 0 Å². The third-order valence-electron chi connectivity index (χ3n) is 4.21. The molecule has 0 aliphatic carbocycles. The third-order valence-corrected chi connectivity index (χ3v) is 4.84. The zero-order valence-electron chi connectivity index (χ0n) is 18.0. The average Bonchev–Trinajstić information content (AvgIpc) is 3.16. The lowest BCUT2D eigenvalue weighted by molar-refractivity contribution is 0.0821. The van der Waals surface area contributed by atoms with Crippen LogP contribution >= 0.6 is 11.5 Å². The first-order valence-corrected chi connectivity index (χ1v) is 10.5. The average molecular weight is 427 g/mol. The van der Waals surface area contributed by atoms with Gasteiger partial charge in [-0.15, -0.1) is 0 Å². The van der Waals surface area contributed by atoms with Crippen LogP contribution in [-0.2, 0) is 0 Å². The van der Waals surface area contributed by atoms with Crippen molar-refractivity contribution < 1.29 is 9.53 Å². The number of ether oxygens (including phenoxy) is 1. The molecule has 3 aromatic rings. The maximum Gasteiger partial charge on any atom is 0.257 e. The molecule has 0 atom stereocenters. The van der Waals surface area contributed by atoms with Crippen LogP contribution in [0.15, 0.2) is 30.6 Å². The molecule has 1 N–H and O–H groups in total. The van der Waals surface area contributed by atoms with E-state index in [1.54, 1.807) is 32.6 Å². The summed E-state index contributed by atoms with van der Waals surface area (Å²) in [6.45, 7) is 8.03. The van der Waals surface area contributed by atoms with Gasteiger partial charge in [-0.1, -0.05) is 19.9 Å². The number of aromatic nitrogens is 4. The molecule has 0 saturated heterocycles. The van der Waals surface area contributed by atoms with Crippen LogP contribution in [0, 0.1) is 0 Å². The highest BCUT2D eigenvalue weighted by atomic mass is 32.1. The fourth-order valence-corrected chi connectivity index (χ4v) is 3.37. The van der Waals surface area contributed by atoms with Crippen molar-refractivity contribution in [3.8, 4) is 17.3 Å². The molecule has 158 valence electrons. The van der Waals surface area contributed by atoms with E-state index in [0.29, 0.717) is 33.9 Å². The number of hydrogen-bond donors (Lipinski definition) is 1. The number of rotatable bonds is 7. The second-order valence-corrected chi connectivity index (χ2v) is 8.33. The maximum atomic E-state index is 12.6. The molecular formula is C21H26N6O2S. The SMILES string of the molecule is CC(C)Oc1cnc(-c2nsc(Nc3ncccc3C(C)C)n2)cc1C(=O)N(C)C. The van der Waals surface area contributed by atoms with Crippen LogP contribution in [0.5, 0.6) is 5.75 Å². The summed E-state index contributed by atoms with van der Waals surface area (Å²) in [6.07, 6.45) is 3.22. The Balaban J connectivity index is 1.91. The summed E-state index contributed by atoms with van der Waals surface area (Å²) in [5.74, 6) is 1.79. The van der Waals surface area contributed by atoms with Gasteiger partial charge in [0.25, 0.3) is 5.91 Å². The normalized spacial score (nSPS) is 11.1. The van der Waals surface area contributed by atoms with Gasteiger partial charge in [-0.05, 0) is 37.5 Å². The molecule has 0 bridgehead atoms. The van der Waals surface area contributed by atoms with Crippen LogP contribution in [0.25, 0.3) is 11.5 Å². The Labute approximate surface area is 180 Å². The molecule has 9 heteroatoms. The van der Waals surface area contributed by atoms with Gasteiger partial charge in [0.05, 0.1) is 17.9 Å². The minimum atomic E-state index is -0.169. The zero-order valence-corrected chi connectivity index (χ0v) is 18.8. The van der Waals surface area contributed by atoms with Crippen LogP contribution in [0.1, 0.15) is 49.5 Å². The monoisotopic (exact) mass is 426 g/mol. The molecule has 3 aromatic heterocycles. The number of pyridine rings is 2. The summed E-state index contributed by atoms with van der Waals surface area (Å²) in [7, 11) is 3.40. The van der Waals surface area contributed by atoms with Gasteiger partial charge in [-0.3, -0.25) is 4.79 Å². The van der Waals surface area contributed by atoms with Crippen molar-refractivity contribution in [3.05, 3.63) is 41.7 Å². The van der Waals surface area contributed by atoms with Crippen molar-refractivity contribution in [2.75, 3.05) is 19.4 Å². The first-order chi connectivity index (χ1) is 14.3. The minimum Gasteiger partial charge on any atom is -0.489 e. The molecule has 0 radical (unpaired) electrons. The predicted molar refractivity (Wildman–Crippen MR) is 119 cm³/mol. The van der Waals surface area contributed by atoms with E-state index < -0.39 is 0 Å². The predicted octanol–water partition coefficient (Wildman–Crippen LogP) is 4.35. The first kappa shape index (κ1) is 21.6. The van der Waals surface area contributed by atoms with Gasteiger partial charge >= 0.3 is 0 Å². The van der Waals surface area contributed by atoms with E-state index in [1.165, 1.54) is 16.4 Å². The molecule has 0 unspecified atom stereocenters. The molecule has 0 spiro atoms. The van der Waals surface area contributed by atoms with Crippen molar-refractivity contribution in [2.45, 2.75) is 39.7 Å². The number of hydrogen-bond acceptors (Lipinski definition) is 8. The highest BCUT2D eigenvalue weighted by molar-refractivity contribution is 7.09. The topological polar surface area (TPSA) is 93.1 Å². The van der Waals surface area contributed by atoms with Crippen LogP contribution < -0.4 is 10.1 Å². The van der Waals surface area contributed by atoms with Crippen molar-refractivity contribution in [1.82, 2.24) is 24.2 Å². The van der Waals surface area contributed by atoms with Crippen LogP contribution in [0.3, 0.4) is 0 Å². The highest BCUT2D eigenvalue weighted by Gasteiger charge is 2.20. The number of nitrogens with zero attached hydrogens (tertiary/aromatic N) is 5. The van der Waals surface area contributed by atoms with Gasteiger partial charge in [0.1, 0.15) is 11.5 Å². The molecule has 30 heavy (non-hydrogen) atoms. The molecule has 0 fully saturated rings. The third kappa shape index (κ3) is 4.91. The molecule has 0 aromatic carbocycles. The molecule has 3 rings (SSSR count). The number of amides is 1. The Morgan fingerprint density at radius 1 is 1.20 bits per heavy atom. The Kier molecular flexibility index (Phi) is 6.61. The molecule has 0 saturated carbocycles. The van der Waals surface area contributed by atoms with Crippen molar-refractivity contribution in [1.29, 1.82) is 0 Å². The Morgan fingerprint density at radius 2 is 1.97 bits per heavy atom. The van der Waals surface area contributed by atoms with E-state index in [-0.39, 0.29) is 12.0 Å². The maximum absolute atomic E-state index is 12.6. The lowest BCUT2D eigenvalue weighted by Gasteiger charge is -2.16. The van der Waals surface area contributed by atoms with Gasteiger partial charge < -0.3 is 15.0 Å². The standard InChI is InChI=1S/C21H26N6O2S/c1-12(2)14-8-7-9-22-18(14)24-21-25-19(26-30-21)16-10-15(20(28)27(5)6)17(11-23-16)29-13(3)4/h7-13H,1-6H3,(H,22,24,25,26). The van der Waals surface area contributed by atoms with Crippen LogP contribution in [-0.4, -0.2) is 50.3 Å². The number of nitrogens with one attached hydrogen (secondary N) is 1. The van der Waals surface area contributed by atoms with E-state index in [4.69, 9.17) is 4.74 Å². The second-order valence-electron chi connectivity index (χ2n) is 7.58. The first-order valence-electron chi connectivity index (χ1n) is 9.70. The van der Waals surface area contributed by atoms with E-state index in [9.17, 15) is 4.79 Å². The fourth-order valence-electron chi connectivity index (χ4n) is 2.79. The van der Waals surface area contributed by atoms with Gasteiger partial charge in [-0.2, -0.15) is 9.36 Å². The molecule has 0 aliphatic rings. The van der Waals surface area contributed by atoms with Crippen molar-refractivity contribution >= 4 is 28.4 Å². The van der Waals surface area contributed by atoms with E-state index in [2.05, 4.69) is 38.5 Å². The lowest BCUT2D eigenvalue weighted by atomic mass is 10.0. The van der Waals surface area contributed by atoms with E-state index in [1.807, 2.05) is 26.0 Å². The summed E-state index contributed by atoms with van der Waals surface area (Å²) < 4.78 is 10.2. The van der Waals surface area contributed by atoms with Gasteiger partial charge in [0.15, 0.2) is 11.6 Å². The molecular weight excluding hydrogens is 400 g/mol. The molecule has 0 aliphatic heterocycles. The quantitative estimate of drug-likeness (QED) is 0.600. The Bertz CT molecular complexity index is 1030. The Morgan fingerprint density at radius 3 is 2.63 bits per heavy atom. The smallest absolute Gasteiger partial charge is 0.257 e. The molecule has 8 nitrogen and oxygen atoms in total. The number of carbonyl (C=O) groups excluding carboxylic acids is 1. The summed E-state index contributed by atoms with van der Waals surface area (Å²) in [5, 5.41) is 3.85. The number of anilines is 2. The van der Waals surface area contributed by atoms with Gasteiger partial charge in [0, 0.05) is 31.8 Å². The van der Waals surface area contributed by atoms with Crippen molar-refractivity contribution in [3.63, 3.8) is 0 Å².